The Bertz CT molecular complexity index is 1100. The molecule has 2 atom stereocenters. The van der Waals surface area contributed by atoms with Gasteiger partial charge in [-0.05, 0) is 77.0 Å². The number of hydrogen-bond donors (Lipinski definition) is 1. The van der Waals surface area contributed by atoms with Crippen LogP contribution in [-0.2, 0) is 32.7 Å². The van der Waals surface area contributed by atoms with Gasteiger partial charge in [0.25, 0.3) is 0 Å². The molecule has 0 aromatic rings. The van der Waals surface area contributed by atoms with Gasteiger partial charge < -0.3 is 18.9 Å². The first-order valence-electron chi connectivity index (χ1n) is 22.4. The number of quaternary nitrogens is 1. The number of carbonyl (C=O) groups excluding carboxylic acids is 2. The number of phosphoric acid groups is 1. The Morgan fingerprint density at radius 3 is 1.52 bits per heavy atom. The minimum absolute atomic E-state index is 0.0225. The van der Waals surface area contributed by atoms with Crippen molar-refractivity contribution < 1.29 is 42.1 Å². The molecule has 0 saturated heterocycles. The van der Waals surface area contributed by atoms with Crippen LogP contribution in [0.2, 0.25) is 0 Å². The number of nitrogens with zero attached hydrogens (tertiary/aromatic N) is 1. The number of rotatable bonds is 40. The second kappa shape index (κ2) is 38.5. The van der Waals surface area contributed by atoms with Crippen molar-refractivity contribution in [3.05, 3.63) is 48.6 Å². The van der Waals surface area contributed by atoms with Crippen LogP contribution in [-0.4, -0.2) is 74.9 Å². The monoisotopic (exact) mass is 811 g/mol. The van der Waals surface area contributed by atoms with E-state index in [0.29, 0.717) is 17.4 Å². The molecular formula is C46H85NO8P+. The standard InChI is InChI=1S/C46H84NO8P/c1-6-8-10-12-14-16-18-20-22-23-25-26-28-30-32-34-36-38-45(48)52-42-44(43-54-56(50,51)53-41-40-47(3,4)5)55-46(49)39-37-35-33-31-29-27-24-21-19-17-15-13-11-9-7-2/h15,17,20-22,24,29,31,44H,6-14,16,18-19,23,25-28,30,32-43H2,1-5H3/p+1/b17-15+,22-20+,24-21+,31-29+/t44-/m1/s1. The summed E-state index contributed by atoms with van der Waals surface area (Å²) in [5, 5.41) is 0. The van der Waals surface area contributed by atoms with E-state index in [4.69, 9.17) is 18.5 Å². The van der Waals surface area contributed by atoms with Gasteiger partial charge in [-0.2, -0.15) is 0 Å². The molecule has 1 N–H and O–H groups in total. The molecule has 0 saturated carbocycles. The number of phosphoric ester groups is 1. The third kappa shape index (κ3) is 41.6. The molecule has 1 unspecified atom stereocenters. The Balaban J connectivity index is 4.41. The predicted molar refractivity (Wildman–Crippen MR) is 233 cm³/mol. The molecule has 0 fully saturated rings. The van der Waals surface area contributed by atoms with Crippen LogP contribution in [0.1, 0.15) is 181 Å². The van der Waals surface area contributed by atoms with E-state index in [2.05, 4.69) is 62.5 Å². The van der Waals surface area contributed by atoms with E-state index in [9.17, 15) is 19.0 Å². The predicted octanol–water partition coefficient (Wildman–Crippen LogP) is 12.7. The molecule has 0 bridgehead atoms. The maximum absolute atomic E-state index is 12.7. The minimum atomic E-state index is -4.39. The molecule has 0 aromatic carbocycles. The molecule has 0 heterocycles. The molecule has 0 aliphatic heterocycles. The molecule has 326 valence electrons. The summed E-state index contributed by atoms with van der Waals surface area (Å²) in [6.45, 7) is 4.33. The molecule has 0 amide bonds. The van der Waals surface area contributed by atoms with Crippen LogP contribution in [0.3, 0.4) is 0 Å². The quantitative estimate of drug-likeness (QED) is 0.0214. The van der Waals surface area contributed by atoms with Gasteiger partial charge in [0.15, 0.2) is 6.10 Å². The normalized spacial score (nSPS) is 14.0. The van der Waals surface area contributed by atoms with Crippen molar-refractivity contribution in [1.29, 1.82) is 0 Å². The Labute approximate surface area is 343 Å². The lowest BCUT2D eigenvalue weighted by Gasteiger charge is -2.24. The number of unbranched alkanes of at least 4 members (excludes halogenated alkanes) is 18. The molecular weight excluding hydrogens is 725 g/mol. The highest BCUT2D eigenvalue weighted by Crippen LogP contribution is 2.43. The van der Waals surface area contributed by atoms with Gasteiger partial charge in [-0.1, -0.05) is 140 Å². The average Bonchev–Trinajstić information content (AvgIpc) is 3.15. The van der Waals surface area contributed by atoms with Crippen molar-refractivity contribution in [3.63, 3.8) is 0 Å². The molecule has 0 aliphatic carbocycles. The molecule has 0 aromatic heterocycles. The highest BCUT2D eigenvalue weighted by Gasteiger charge is 2.27. The Kier molecular flexibility index (Phi) is 37.1. The lowest BCUT2D eigenvalue weighted by Crippen LogP contribution is -2.37. The van der Waals surface area contributed by atoms with Crippen molar-refractivity contribution >= 4 is 19.8 Å². The number of allylic oxidation sites excluding steroid dienone is 8. The second-order valence-corrected chi connectivity index (χ2v) is 17.5. The van der Waals surface area contributed by atoms with E-state index < -0.39 is 26.5 Å². The van der Waals surface area contributed by atoms with Gasteiger partial charge in [0.05, 0.1) is 27.7 Å². The van der Waals surface area contributed by atoms with Gasteiger partial charge in [0.2, 0.25) is 0 Å². The summed E-state index contributed by atoms with van der Waals surface area (Å²) in [5.41, 5.74) is 0. The van der Waals surface area contributed by atoms with E-state index in [1.165, 1.54) is 83.5 Å². The fourth-order valence-corrected chi connectivity index (χ4v) is 6.52. The van der Waals surface area contributed by atoms with Crippen LogP contribution in [0.15, 0.2) is 48.6 Å². The van der Waals surface area contributed by atoms with Gasteiger partial charge in [-0.15, -0.1) is 0 Å². The topological polar surface area (TPSA) is 108 Å². The van der Waals surface area contributed by atoms with Gasteiger partial charge in [0, 0.05) is 12.8 Å². The summed E-state index contributed by atoms with van der Waals surface area (Å²) >= 11 is 0. The van der Waals surface area contributed by atoms with E-state index in [-0.39, 0.29) is 32.0 Å². The molecule has 0 radical (unpaired) electrons. The number of ether oxygens (including phenoxy) is 2. The highest BCUT2D eigenvalue weighted by molar-refractivity contribution is 7.47. The Morgan fingerprint density at radius 1 is 0.554 bits per heavy atom. The van der Waals surface area contributed by atoms with Gasteiger partial charge in [-0.3, -0.25) is 18.6 Å². The zero-order valence-corrected chi connectivity index (χ0v) is 37.5. The molecule has 10 heteroatoms. The Hall–Kier alpha value is -2.03. The summed E-state index contributed by atoms with van der Waals surface area (Å²) in [7, 11) is 1.45. The van der Waals surface area contributed by atoms with Crippen LogP contribution in [0.5, 0.6) is 0 Å². The van der Waals surface area contributed by atoms with E-state index in [0.717, 1.165) is 64.2 Å². The van der Waals surface area contributed by atoms with Crippen molar-refractivity contribution in [3.8, 4) is 0 Å². The lowest BCUT2D eigenvalue weighted by atomic mass is 10.1. The number of likely N-dealkylation sites (N-methyl/N-ethyl adjacent to an activating group) is 1. The fourth-order valence-electron chi connectivity index (χ4n) is 5.78. The highest BCUT2D eigenvalue weighted by atomic mass is 31.2. The van der Waals surface area contributed by atoms with Crippen LogP contribution in [0, 0.1) is 0 Å². The molecule has 0 spiro atoms. The first-order chi connectivity index (χ1) is 27.0. The first-order valence-corrected chi connectivity index (χ1v) is 23.9. The zero-order chi connectivity index (χ0) is 41.4. The van der Waals surface area contributed by atoms with Crippen molar-refractivity contribution in [2.24, 2.45) is 0 Å². The van der Waals surface area contributed by atoms with Gasteiger partial charge in [-0.25, -0.2) is 4.57 Å². The van der Waals surface area contributed by atoms with Crippen LogP contribution >= 0.6 is 7.82 Å². The number of carbonyl (C=O) groups is 2. The minimum Gasteiger partial charge on any atom is -0.462 e. The molecule has 0 aliphatic rings. The Morgan fingerprint density at radius 2 is 0.964 bits per heavy atom. The molecule has 0 rings (SSSR count). The summed E-state index contributed by atoms with van der Waals surface area (Å²) in [4.78, 5) is 35.3. The number of esters is 2. The van der Waals surface area contributed by atoms with E-state index >= 15 is 0 Å². The summed E-state index contributed by atoms with van der Waals surface area (Å²) in [6.07, 6.45) is 44.4. The molecule has 56 heavy (non-hydrogen) atoms. The second-order valence-electron chi connectivity index (χ2n) is 16.1. The molecule has 9 nitrogen and oxygen atoms in total. The van der Waals surface area contributed by atoms with Crippen molar-refractivity contribution in [2.75, 3.05) is 47.5 Å². The van der Waals surface area contributed by atoms with E-state index in [1.54, 1.807) is 0 Å². The largest absolute Gasteiger partial charge is 0.472 e. The maximum Gasteiger partial charge on any atom is 0.472 e. The van der Waals surface area contributed by atoms with Crippen molar-refractivity contribution in [1.82, 2.24) is 0 Å². The summed E-state index contributed by atoms with van der Waals surface area (Å²) in [5.74, 6) is -0.849. The average molecular weight is 811 g/mol. The first kappa shape index (κ1) is 54.0. The summed E-state index contributed by atoms with van der Waals surface area (Å²) in [6, 6.07) is 0. The lowest BCUT2D eigenvalue weighted by molar-refractivity contribution is -0.870. The smallest absolute Gasteiger partial charge is 0.462 e. The van der Waals surface area contributed by atoms with Crippen molar-refractivity contribution in [2.45, 2.75) is 187 Å². The van der Waals surface area contributed by atoms with Gasteiger partial charge >= 0.3 is 19.8 Å². The SMILES string of the molecule is CCCCC/C=C/C/C=C/C/C=C/CCCCC(=O)O[C@H](COC(=O)CCCCCCCCC/C=C/CCCCCCCC)COP(=O)(O)OCC[N+](C)(C)C. The summed E-state index contributed by atoms with van der Waals surface area (Å²) < 4.78 is 34.3. The third-order valence-electron chi connectivity index (χ3n) is 9.33. The fraction of sp³-hybridized carbons (Fsp3) is 0.783. The van der Waals surface area contributed by atoms with Crippen LogP contribution < -0.4 is 0 Å². The van der Waals surface area contributed by atoms with Gasteiger partial charge in [0.1, 0.15) is 19.8 Å². The van der Waals surface area contributed by atoms with Crippen LogP contribution in [0.4, 0.5) is 0 Å². The zero-order valence-electron chi connectivity index (χ0n) is 36.6. The van der Waals surface area contributed by atoms with E-state index in [1.807, 2.05) is 21.1 Å². The number of hydrogen-bond acceptors (Lipinski definition) is 7. The third-order valence-corrected chi connectivity index (χ3v) is 10.3. The maximum atomic E-state index is 12.7. The van der Waals surface area contributed by atoms with Crippen LogP contribution in [0.25, 0.3) is 0 Å².